The molecule has 21 heavy (non-hydrogen) atoms. The second kappa shape index (κ2) is 9.08. The largest absolute Gasteiger partial charge is 0.315 e. The van der Waals surface area contributed by atoms with Gasteiger partial charge >= 0.3 is 0 Å². The van der Waals surface area contributed by atoms with Crippen LogP contribution in [0.2, 0.25) is 0 Å². The van der Waals surface area contributed by atoms with Crippen LogP contribution >= 0.6 is 0 Å². The molecule has 0 spiro atoms. The Bertz CT molecular complexity index is 384. The summed E-state index contributed by atoms with van der Waals surface area (Å²) in [6.07, 6.45) is 4.97. The Kier molecular flexibility index (Phi) is 8.16. The summed E-state index contributed by atoms with van der Waals surface area (Å²) in [7, 11) is -3.37. The third kappa shape index (κ3) is 6.63. The predicted octanol–water partition coefficient (Wildman–Crippen LogP) is 2.11. The van der Waals surface area contributed by atoms with Crippen LogP contribution in [0.4, 0.5) is 0 Å². The van der Waals surface area contributed by atoms with Crippen molar-refractivity contribution in [3.63, 3.8) is 0 Å². The van der Waals surface area contributed by atoms with Crippen LogP contribution in [0.15, 0.2) is 0 Å². The molecule has 0 amide bonds. The van der Waals surface area contributed by atoms with Crippen LogP contribution in [0.3, 0.4) is 0 Å². The van der Waals surface area contributed by atoms with Gasteiger partial charge in [0.1, 0.15) is 0 Å². The number of hydrogen-bond acceptors (Lipinski definition) is 3. The Balaban J connectivity index is 2.63. The number of rotatable bonds is 9. The topological polar surface area (TPSA) is 61.4 Å². The van der Waals surface area contributed by atoms with E-state index in [2.05, 4.69) is 30.8 Å². The quantitative estimate of drug-likeness (QED) is 0.640. The lowest BCUT2D eigenvalue weighted by molar-refractivity contribution is 0.241. The lowest BCUT2D eigenvalue weighted by Gasteiger charge is -2.35. The van der Waals surface area contributed by atoms with E-state index < -0.39 is 10.2 Å². The van der Waals surface area contributed by atoms with Crippen LogP contribution in [0.1, 0.15) is 59.8 Å². The van der Waals surface area contributed by atoms with Crippen molar-refractivity contribution in [2.24, 2.45) is 5.92 Å². The van der Waals surface area contributed by atoms with E-state index in [1.165, 1.54) is 0 Å². The van der Waals surface area contributed by atoms with Gasteiger partial charge in [-0.05, 0) is 45.1 Å². The number of nitrogens with one attached hydrogen (secondary N) is 2. The van der Waals surface area contributed by atoms with Gasteiger partial charge in [-0.1, -0.05) is 27.2 Å². The van der Waals surface area contributed by atoms with E-state index in [4.69, 9.17) is 0 Å². The average molecular weight is 320 g/mol. The van der Waals surface area contributed by atoms with Gasteiger partial charge in [-0.25, -0.2) is 0 Å². The van der Waals surface area contributed by atoms with Crippen LogP contribution in [-0.4, -0.2) is 44.4 Å². The van der Waals surface area contributed by atoms with Gasteiger partial charge in [-0.2, -0.15) is 17.4 Å². The summed E-state index contributed by atoms with van der Waals surface area (Å²) in [5, 5.41) is 3.36. The Morgan fingerprint density at radius 1 is 1.24 bits per heavy atom. The molecule has 6 heteroatoms. The molecule has 1 aliphatic heterocycles. The SMILES string of the molecule is CCCNCC1CCCCN1S(=O)(=O)NC(C)CC(C)C. The van der Waals surface area contributed by atoms with Crippen LogP contribution in [0.25, 0.3) is 0 Å². The summed E-state index contributed by atoms with van der Waals surface area (Å²) in [6, 6.07) is 0.0789. The molecule has 0 saturated carbocycles. The van der Waals surface area contributed by atoms with Gasteiger partial charge in [0.25, 0.3) is 10.2 Å². The van der Waals surface area contributed by atoms with E-state index in [1.807, 2.05) is 6.92 Å². The molecule has 2 N–H and O–H groups in total. The summed E-state index contributed by atoms with van der Waals surface area (Å²) < 4.78 is 29.7. The van der Waals surface area contributed by atoms with Crippen molar-refractivity contribution in [3.8, 4) is 0 Å². The molecule has 2 atom stereocenters. The number of hydrogen-bond donors (Lipinski definition) is 2. The van der Waals surface area contributed by atoms with Gasteiger partial charge < -0.3 is 5.32 Å². The highest BCUT2D eigenvalue weighted by Gasteiger charge is 2.32. The second-order valence-corrected chi connectivity index (χ2v) is 8.27. The first-order valence-corrected chi connectivity index (χ1v) is 9.80. The minimum Gasteiger partial charge on any atom is -0.315 e. The minimum absolute atomic E-state index is 0.0128. The summed E-state index contributed by atoms with van der Waals surface area (Å²) in [4.78, 5) is 0. The van der Waals surface area contributed by atoms with Crippen molar-refractivity contribution in [2.75, 3.05) is 19.6 Å². The van der Waals surface area contributed by atoms with Crippen molar-refractivity contribution in [1.82, 2.24) is 14.3 Å². The van der Waals surface area contributed by atoms with Crippen molar-refractivity contribution < 1.29 is 8.42 Å². The van der Waals surface area contributed by atoms with Gasteiger partial charge in [-0.3, -0.25) is 0 Å². The third-order valence-corrected chi connectivity index (χ3v) is 5.66. The first kappa shape index (κ1) is 18.9. The normalized spacial score (nSPS) is 22.6. The zero-order valence-electron chi connectivity index (χ0n) is 14.1. The highest BCUT2D eigenvalue weighted by molar-refractivity contribution is 7.87. The molecule has 1 fully saturated rings. The maximum Gasteiger partial charge on any atom is 0.279 e. The van der Waals surface area contributed by atoms with E-state index in [1.54, 1.807) is 4.31 Å². The van der Waals surface area contributed by atoms with E-state index in [9.17, 15) is 8.42 Å². The first-order chi connectivity index (χ1) is 9.86. The molecule has 1 aliphatic rings. The van der Waals surface area contributed by atoms with E-state index >= 15 is 0 Å². The van der Waals surface area contributed by atoms with Crippen LogP contribution in [0, 0.1) is 5.92 Å². The lowest BCUT2D eigenvalue weighted by atomic mass is 10.1. The fourth-order valence-electron chi connectivity index (χ4n) is 3.02. The van der Waals surface area contributed by atoms with E-state index in [0.29, 0.717) is 12.5 Å². The van der Waals surface area contributed by atoms with Crippen LogP contribution in [0.5, 0.6) is 0 Å². The molecular weight excluding hydrogens is 286 g/mol. The molecule has 0 aliphatic carbocycles. The molecule has 1 heterocycles. The number of piperidine rings is 1. The molecule has 5 nitrogen and oxygen atoms in total. The Hall–Kier alpha value is -0.170. The lowest BCUT2D eigenvalue weighted by Crippen LogP contribution is -2.54. The molecule has 1 rings (SSSR count). The van der Waals surface area contributed by atoms with Crippen LogP contribution in [-0.2, 0) is 10.2 Å². The van der Waals surface area contributed by atoms with Gasteiger partial charge in [0.2, 0.25) is 0 Å². The van der Waals surface area contributed by atoms with Gasteiger partial charge in [0, 0.05) is 25.2 Å². The van der Waals surface area contributed by atoms with Crippen molar-refractivity contribution in [1.29, 1.82) is 0 Å². The van der Waals surface area contributed by atoms with Crippen molar-refractivity contribution in [3.05, 3.63) is 0 Å². The Morgan fingerprint density at radius 2 is 1.95 bits per heavy atom. The highest BCUT2D eigenvalue weighted by Crippen LogP contribution is 2.20. The maximum atomic E-state index is 12.6. The molecule has 0 radical (unpaired) electrons. The monoisotopic (exact) mass is 319 g/mol. The Labute approximate surface area is 131 Å². The van der Waals surface area contributed by atoms with Crippen LogP contribution < -0.4 is 10.0 Å². The molecule has 126 valence electrons. The van der Waals surface area contributed by atoms with Gasteiger partial charge in [0.05, 0.1) is 0 Å². The predicted molar refractivity (Wildman–Crippen MR) is 88.5 cm³/mol. The molecule has 2 unspecified atom stereocenters. The van der Waals surface area contributed by atoms with Crippen molar-refractivity contribution >= 4 is 10.2 Å². The molecular formula is C15H33N3O2S. The van der Waals surface area contributed by atoms with E-state index in [0.717, 1.165) is 45.2 Å². The summed E-state index contributed by atoms with van der Waals surface area (Å²) in [6.45, 7) is 10.6. The summed E-state index contributed by atoms with van der Waals surface area (Å²) >= 11 is 0. The first-order valence-electron chi connectivity index (χ1n) is 8.36. The number of nitrogens with zero attached hydrogens (tertiary/aromatic N) is 1. The Morgan fingerprint density at radius 3 is 2.57 bits per heavy atom. The van der Waals surface area contributed by atoms with E-state index in [-0.39, 0.29) is 12.1 Å². The average Bonchev–Trinajstić information content (AvgIpc) is 2.37. The molecule has 0 aromatic carbocycles. The second-order valence-electron chi connectivity index (χ2n) is 6.62. The minimum atomic E-state index is -3.37. The zero-order chi connectivity index (χ0) is 15.9. The smallest absolute Gasteiger partial charge is 0.279 e. The molecule has 0 aromatic heterocycles. The fraction of sp³-hybridized carbons (Fsp3) is 1.00. The third-order valence-electron chi connectivity index (χ3n) is 3.86. The van der Waals surface area contributed by atoms with Crippen molar-refractivity contribution in [2.45, 2.75) is 71.9 Å². The summed E-state index contributed by atoms with van der Waals surface area (Å²) in [5.74, 6) is 0.492. The van der Waals surface area contributed by atoms with Gasteiger partial charge in [-0.15, -0.1) is 0 Å². The fourth-order valence-corrected chi connectivity index (χ4v) is 4.70. The zero-order valence-corrected chi connectivity index (χ0v) is 14.9. The van der Waals surface area contributed by atoms with Gasteiger partial charge in [0.15, 0.2) is 0 Å². The molecule has 0 aromatic rings. The molecule has 1 saturated heterocycles. The highest BCUT2D eigenvalue weighted by atomic mass is 32.2. The summed E-state index contributed by atoms with van der Waals surface area (Å²) in [5.41, 5.74) is 0. The molecule has 0 bridgehead atoms. The maximum absolute atomic E-state index is 12.6. The standard InChI is InChI=1S/C15H33N3O2S/c1-5-9-16-12-15-8-6-7-10-18(15)21(19,20)17-14(4)11-13(2)3/h13-17H,5-12H2,1-4H3.